The fourth-order valence-corrected chi connectivity index (χ4v) is 2.28. The Hall–Kier alpha value is -0.370. The Kier molecular flexibility index (Phi) is 4.59. The Morgan fingerprint density at radius 1 is 1.50 bits per heavy atom. The van der Waals surface area contributed by atoms with Crippen molar-refractivity contribution in [2.45, 2.75) is 65.1 Å². The van der Waals surface area contributed by atoms with Gasteiger partial charge in [-0.2, -0.15) is 0 Å². The van der Waals surface area contributed by atoms with Crippen molar-refractivity contribution in [2.24, 2.45) is 5.92 Å². The molecule has 0 spiro atoms. The van der Waals surface area contributed by atoms with E-state index in [-0.39, 0.29) is 11.9 Å². The summed E-state index contributed by atoms with van der Waals surface area (Å²) in [7, 11) is 0. The van der Waals surface area contributed by atoms with Crippen molar-refractivity contribution in [3.63, 3.8) is 0 Å². The third-order valence-corrected chi connectivity index (χ3v) is 2.89. The first-order valence-electron chi connectivity index (χ1n) is 5.73. The molecule has 1 rings (SSSR count). The van der Waals surface area contributed by atoms with E-state index in [1.807, 2.05) is 6.92 Å². The minimum atomic E-state index is 0.0998. The van der Waals surface area contributed by atoms with Crippen molar-refractivity contribution in [1.82, 2.24) is 0 Å². The molecule has 0 heterocycles. The van der Waals surface area contributed by atoms with Gasteiger partial charge in [0.2, 0.25) is 0 Å². The van der Waals surface area contributed by atoms with E-state index >= 15 is 0 Å². The molecule has 82 valence electrons. The lowest BCUT2D eigenvalue weighted by atomic mass is 9.88. The molecule has 0 aliphatic heterocycles. The van der Waals surface area contributed by atoms with Crippen molar-refractivity contribution in [3.05, 3.63) is 0 Å². The summed E-state index contributed by atoms with van der Waals surface area (Å²) in [5, 5.41) is 0. The predicted octanol–water partition coefficient (Wildman–Crippen LogP) is 2.95. The Bertz CT molecular complexity index is 189. The largest absolute Gasteiger partial charge is 0.375 e. The molecule has 0 amide bonds. The Morgan fingerprint density at radius 3 is 2.79 bits per heavy atom. The summed E-state index contributed by atoms with van der Waals surface area (Å²) in [5.41, 5.74) is 0. The summed E-state index contributed by atoms with van der Waals surface area (Å²) < 4.78 is 5.85. The lowest BCUT2D eigenvalue weighted by Gasteiger charge is -2.29. The van der Waals surface area contributed by atoms with Gasteiger partial charge >= 0.3 is 0 Å². The van der Waals surface area contributed by atoms with Gasteiger partial charge in [-0.3, -0.25) is 4.79 Å². The van der Waals surface area contributed by atoms with Crippen LogP contribution in [0.4, 0.5) is 0 Å². The van der Waals surface area contributed by atoms with Gasteiger partial charge in [0, 0.05) is 6.42 Å². The average molecular weight is 198 g/mol. The lowest BCUT2D eigenvalue weighted by Crippen LogP contribution is -2.26. The number of hydrogen-bond acceptors (Lipinski definition) is 2. The van der Waals surface area contributed by atoms with E-state index in [9.17, 15) is 4.79 Å². The zero-order chi connectivity index (χ0) is 10.6. The van der Waals surface area contributed by atoms with Crippen LogP contribution in [0.3, 0.4) is 0 Å². The highest BCUT2D eigenvalue weighted by atomic mass is 16.5. The third-order valence-electron chi connectivity index (χ3n) is 2.89. The van der Waals surface area contributed by atoms with Crippen LogP contribution in [0.5, 0.6) is 0 Å². The number of carbonyl (C=O) groups is 1. The summed E-state index contributed by atoms with van der Waals surface area (Å²) in [4.78, 5) is 10.9. The van der Waals surface area contributed by atoms with Gasteiger partial charge in [0.25, 0.3) is 0 Å². The fourth-order valence-electron chi connectivity index (χ4n) is 2.28. The van der Waals surface area contributed by atoms with Crippen LogP contribution < -0.4 is 0 Å². The first-order chi connectivity index (χ1) is 6.58. The van der Waals surface area contributed by atoms with Crippen molar-refractivity contribution in [1.29, 1.82) is 0 Å². The summed E-state index contributed by atoms with van der Waals surface area (Å²) >= 11 is 0. The molecule has 1 fully saturated rings. The van der Waals surface area contributed by atoms with Crippen LogP contribution in [0.2, 0.25) is 0 Å². The number of ether oxygens (including phenoxy) is 1. The molecule has 2 nitrogen and oxygen atoms in total. The molecule has 0 bridgehead atoms. The quantitative estimate of drug-likeness (QED) is 0.694. The lowest BCUT2D eigenvalue weighted by molar-refractivity contribution is -0.121. The van der Waals surface area contributed by atoms with E-state index in [4.69, 9.17) is 4.74 Å². The van der Waals surface area contributed by atoms with Crippen molar-refractivity contribution in [3.8, 4) is 0 Å². The van der Waals surface area contributed by atoms with E-state index in [1.54, 1.807) is 6.92 Å². The molecule has 0 saturated heterocycles. The maximum Gasteiger partial charge on any atom is 0.132 e. The summed E-state index contributed by atoms with van der Waals surface area (Å²) in [6, 6.07) is 0. The minimum absolute atomic E-state index is 0.0998. The third kappa shape index (κ3) is 4.23. The van der Waals surface area contributed by atoms with Crippen molar-refractivity contribution < 1.29 is 9.53 Å². The van der Waals surface area contributed by atoms with E-state index in [0.717, 1.165) is 5.92 Å². The molecule has 1 saturated carbocycles. The number of rotatable bonds is 4. The SMILES string of the molecule is CC(=O)CC(C)OC1CCCC(C)C1. The standard InChI is InChI=1S/C12H22O2/c1-9-5-4-6-12(7-9)14-11(3)8-10(2)13/h9,11-12H,4-8H2,1-3H3. The second kappa shape index (κ2) is 5.50. The number of hydrogen-bond donors (Lipinski definition) is 0. The van der Waals surface area contributed by atoms with Gasteiger partial charge < -0.3 is 4.74 Å². The van der Waals surface area contributed by atoms with Crippen LogP contribution >= 0.6 is 0 Å². The van der Waals surface area contributed by atoms with Gasteiger partial charge in [-0.25, -0.2) is 0 Å². The zero-order valence-electron chi connectivity index (χ0n) is 9.58. The maximum absolute atomic E-state index is 10.9. The topological polar surface area (TPSA) is 26.3 Å². The monoisotopic (exact) mass is 198 g/mol. The molecule has 0 radical (unpaired) electrons. The summed E-state index contributed by atoms with van der Waals surface area (Å²) in [5.74, 6) is 1.01. The van der Waals surface area contributed by atoms with Crippen LogP contribution in [0.25, 0.3) is 0 Å². The van der Waals surface area contributed by atoms with Crippen LogP contribution in [0.1, 0.15) is 52.9 Å². The van der Waals surface area contributed by atoms with Gasteiger partial charge in [-0.15, -0.1) is 0 Å². The van der Waals surface area contributed by atoms with Gasteiger partial charge in [-0.1, -0.05) is 19.8 Å². The van der Waals surface area contributed by atoms with Gasteiger partial charge in [0.05, 0.1) is 12.2 Å². The van der Waals surface area contributed by atoms with Crippen LogP contribution in [-0.2, 0) is 9.53 Å². The average Bonchev–Trinajstić information content (AvgIpc) is 2.01. The molecule has 0 aromatic rings. The molecular formula is C12H22O2. The summed E-state index contributed by atoms with van der Waals surface area (Å²) in [6.45, 7) is 5.91. The molecule has 1 aliphatic carbocycles. The van der Waals surface area contributed by atoms with E-state index in [0.29, 0.717) is 12.5 Å². The Balaban J connectivity index is 2.25. The zero-order valence-corrected chi connectivity index (χ0v) is 9.58. The Morgan fingerprint density at radius 2 is 2.21 bits per heavy atom. The van der Waals surface area contributed by atoms with Crippen molar-refractivity contribution >= 4 is 5.78 Å². The molecular weight excluding hydrogens is 176 g/mol. The smallest absolute Gasteiger partial charge is 0.132 e. The molecule has 3 atom stereocenters. The van der Waals surface area contributed by atoms with Crippen LogP contribution in [0, 0.1) is 5.92 Å². The highest BCUT2D eigenvalue weighted by Crippen LogP contribution is 2.26. The molecule has 2 heteroatoms. The minimum Gasteiger partial charge on any atom is -0.375 e. The van der Waals surface area contributed by atoms with Gasteiger partial charge in [0.15, 0.2) is 0 Å². The van der Waals surface area contributed by atoms with Crippen LogP contribution in [0.15, 0.2) is 0 Å². The van der Waals surface area contributed by atoms with Gasteiger partial charge in [0.1, 0.15) is 5.78 Å². The second-order valence-corrected chi connectivity index (χ2v) is 4.75. The Labute approximate surface area is 87.0 Å². The second-order valence-electron chi connectivity index (χ2n) is 4.75. The maximum atomic E-state index is 10.9. The van der Waals surface area contributed by atoms with Crippen LogP contribution in [-0.4, -0.2) is 18.0 Å². The van der Waals surface area contributed by atoms with E-state index in [1.165, 1.54) is 25.7 Å². The normalized spacial score (nSPS) is 29.9. The molecule has 1 aliphatic rings. The molecule has 3 unspecified atom stereocenters. The number of Topliss-reactive ketones (excluding diaryl/α,β-unsaturated/α-hetero) is 1. The first kappa shape index (κ1) is 11.7. The fraction of sp³-hybridized carbons (Fsp3) is 0.917. The highest BCUT2D eigenvalue weighted by Gasteiger charge is 2.21. The predicted molar refractivity (Wildman–Crippen MR) is 57.3 cm³/mol. The molecule has 0 aromatic heterocycles. The van der Waals surface area contributed by atoms with E-state index < -0.39 is 0 Å². The van der Waals surface area contributed by atoms with Gasteiger partial charge in [-0.05, 0) is 32.6 Å². The number of ketones is 1. The van der Waals surface area contributed by atoms with E-state index in [2.05, 4.69) is 6.92 Å². The first-order valence-corrected chi connectivity index (χ1v) is 5.73. The number of carbonyl (C=O) groups excluding carboxylic acids is 1. The highest BCUT2D eigenvalue weighted by molar-refractivity contribution is 5.75. The summed E-state index contributed by atoms with van der Waals surface area (Å²) in [6.07, 6.45) is 6.01. The molecule has 14 heavy (non-hydrogen) atoms. The molecule has 0 N–H and O–H groups in total. The molecule has 0 aromatic carbocycles. The van der Waals surface area contributed by atoms with Crippen molar-refractivity contribution in [2.75, 3.05) is 0 Å².